The molecule has 1 aromatic rings. The summed E-state index contributed by atoms with van der Waals surface area (Å²) in [4.78, 5) is 53.8. The van der Waals surface area contributed by atoms with Crippen molar-refractivity contribution >= 4 is 35.4 Å². The van der Waals surface area contributed by atoms with Crippen LogP contribution in [0, 0.1) is 5.92 Å². The van der Waals surface area contributed by atoms with Crippen LogP contribution in [0.4, 0.5) is 4.79 Å². The van der Waals surface area contributed by atoms with E-state index in [2.05, 4.69) is 10.6 Å². The van der Waals surface area contributed by atoms with E-state index in [0.717, 1.165) is 31.2 Å². The van der Waals surface area contributed by atoms with Crippen molar-refractivity contribution in [2.75, 3.05) is 13.1 Å². The van der Waals surface area contributed by atoms with Crippen LogP contribution < -0.4 is 10.6 Å². The van der Waals surface area contributed by atoms with Crippen LogP contribution in [-0.4, -0.2) is 58.7 Å². The molecule has 0 bridgehead atoms. The second-order valence-corrected chi connectivity index (χ2v) is 9.81. The van der Waals surface area contributed by atoms with Crippen LogP contribution in [0.25, 0.3) is 0 Å². The Labute approximate surface area is 206 Å². The fraction of sp³-hybridized carbons (Fsp3) is 0.600. The Morgan fingerprint density at radius 1 is 1.09 bits per heavy atom. The number of carbonyl (C=O) groups excluding carboxylic acids is 4. The summed E-state index contributed by atoms with van der Waals surface area (Å²) in [6.45, 7) is 4.25. The maximum absolute atomic E-state index is 13.3. The summed E-state index contributed by atoms with van der Waals surface area (Å²) in [5.41, 5.74) is 0.802. The van der Waals surface area contributed by atoms with Gasteiger partial charge in [0.2, 0.25) is 17.7 Å². The van der Waals surface area contributed by atoms with Gasteiger partial charge in [-0.1, -0.05) is 42.6 Å². The van der Waals surface area contributed by atoms with Gasteiger partial charge >= 0.3 is 6.03 Å². The molecular weight excluding hydrogens is 456 g/mol. The number of unbranched alkanes of at least 4 members (excludes halogenated alkanes) is 1. The predicted octanol–water partition coefficient (Wildman–Crippen LogP) is 3.47. The molecule has 1 saturated heterocycles. The average molecular weight is 491 g/mol. The Morgan fingerprint density at radius 3 is 2.56 bits per heavy atom. The molecule has 1 saturated carbocycles. The second-order valence-electron chi connectivity index (χ2n) is 9.41. The van der Waals surface area contributed by atoms with Crippen molar-refractivity contribution in [1.82, 2.24) is 20.4 Å². The third kappa shape index (κ3) is 6.72. The summed E-state index contributed by atoms with van der Waals surface area (Å²) in [7, 11) is 0. The zero-order chi connectivity index (χ0) is 24.7. The Hall–Kier alpha value is -2.61. The molecule has 2 N–H and O–H groups in total. The molecule has 8 nitrogen and oxygen atoms in total. The number of nitrogens with one attached hydrogen (secondary N) is 2. The van der Waals surface area contributed by atoms with E-state index in [4.69, 9.17) is 11.6 Å². The quantitative estimate of drug-likeness (QED) is 0.490. The molecule has 1 heterocycles. The number of fused-ring (bicyclic) bond motifs is 1. The molecule has 2 fully saturated rings. The van der Waals surface area contributed by atoms with Crippen molar-refractivity contribution in [3.63, 3.8) is 0 Å². The molecule has 9 heteroatoms. The SMILES string of the molecule is CC(C)NC(=O)CCCCN1C(=O)C2CCCCC2N(CC(=O)NCc2ccccc2Cl)C1=O. The lowest BCUT2D eigenvalue weighted by Crippen LogP contribution is -2.63. The van der Waals surface area contributed by atoms with Crippen LogP contribution in [0.5, 0.6) is 0 Å². The maximum Gasteiger partial charge on any atom is 0.327 e. The third-order valence-electron chi connectivity index (χ3n) is 6.42. The lowest BCUT2D eigenvalue weighted by molar-refractivity contribution is -0.142. The van der Waals surface area contributed by atoms with Gasteiger partial charge in [-0.05, 0) is 51.2 Å². The number of urea groups is 1. The van der Waals surface area contributed by atoms with Gasteiger partial charge in [-0.3, -0.25) is 19.3 Å². The summed E-state index contributed by atoms with van der Waals surface area (Å²) < 4.78 is 0. The van der Waals surface area contributed by atoms with Crippen LogP contribution in [0.1, 0.15) is 64.4 Å². The van der Waals surface area contributed by atoms with Gasteiger partial charge in [0.05, 0.1) is 5.92 Å². The third-order valence-corrected chi connectivity index (χ3v) is 6.79. The summed E-state index contributed by atoms with van der Waals surface area (Å²) >= 11 is 6.17. The normalized spacial score (nSPS) is 20.4. The van der Waals surface area contributed by atoms with E-state index in [1.165, 1.54) is 4.90 Å². The first kappa shape index (κ1) is 26.0. The van der Waals surface area contributed by atoms with Crippen molar-refractivity contribution in [2.24, 2.45) is 5.92 Å². The van der Waals surface area contributed by atoms with Gasteiger partial charge < -0.3 is 15.5 Å². The van der Waals surface area contributed by atoms with Crippen LogP contribution in [0.15, 0.2) is 24.3 Å². The van der Waals surface area contributed by atoms with Crippen LogP contribution in [0.3, 0.4) is 0 Å². The zero-order valence-corrected chi connectivity index (χ0v) is 20.8. The first-order valence-corrected chi connectivity index (χ1v) is 12.6. The van der Waals surface area contributed by atoms with Crippen molar-refractivity contribution in [1.29, 1.82) is 0 Å². The van der Waals surface area contributed by atoms with Gasteiger partial charge in [-0.2, -0.15) is 0 Å². The smallest absolute Gasteiger partial charge is 0.327 e. The Bertz CT molecular complexity index is 907. The van der Waals surface area contributed by atoms with Gasteiger partial charge in [-0.25, -0.2) is 4.79 Å². The number of nitrogens with zero attached hydrogens (tertiary/aromatic N) is 2. The lowest BCUT2D eigenvalue weighted by Gasteiger charge is -2.46. The van der Waals surface area contributed by atoms with E-state index in [1.807, 2.05) is 32.0 Å². The van der Waals surface area contributed by atoms with E-state index in [0.29, 0.717) is 24.3 Å². The van der Waals surface area contributed by atoms with E-state index >= 15 is 0 Å². The molecule has 1 aromatic carbocycles. The number of rotatable bonds is 10. The Morgan fingerprint density at radius 2 is 1.82 bits per heavy atom. The summed E-state index contributed by atoms with van der Waals surface area (Å²) in [5, 5.41) is 6.26. The monoisotopic (exact) mass is 490 g/mol. The summed E-state index contributed by atoms with van der Waals surface area (Å²) in [5.74, 6) is -0.728. The predicted molar refractivity (Wildman–Crippen MR) is 130 cm³/mol. The number of halogens is 1. The topological polar surface area (TPSA) is 98.8 Å². The minimum atomic E-state index is -0.410. The molecule has 0 spiro atoms. The molecule has 0 radical (unpaired) electrons. The maximum atomic E-state index is 13.3. The minimum absolute atomic E-state index is 0.0320. The van der Waals surface area contributed by atoms with Gasteiger partial charge in [0.25, 0.3) is 0 Å². The lowest BCUT2D eigenvalue weighted by atomic mass is 9.81. The molecule has 2 aliphatic rings. The Kier molecular flexibility index (Phi) is 9.33. The molecule has 5 amide bonds. The molecule has 3 rings (SSSR count). The molecule has 2 unspecified atom stereocenters. The highest BCUT2D eigenvalue weighted by Crippen LogP contribution is 2.34. The highest BCUT2D eigenvalue weighted by Gasteiger charge is 2.47. The average Bonchev–Trinajstić information content (AvgIpc) is 2.80. The van der Waals surface area contributed by atoms with E-state index in [1.54, 1.807) is 11.0 Å². The number of carbonyl (C=O) groups is 4. The summed E-state index contributed by atoms with van der Waals surface area (Å²) in [6, 6.07) is 6.71. The molecule has 34 heavy (non-hydrogen) atoms. The van der Waals surface area contributed by atoms with Gasteiger partial charge in [0.15, 0.2) is 0 Å². The zero-order valence-electron chi connectivity index (χ0n) is 20.0. The van der Waals surface area contributed by atoms with Gasteiger partial charge in [0.1, 0.15) is 6.54 Å². The molecule has 1 aliphatic heterocycles. The molecule has 0 aromatic heterocycles. The highest BCUT2D eigenvalue weighted by molar-refractivity contribution is 6.31. The number of hydrogen-bond donors (Lipinski definition) is 2. The van der Waals surface area contributed by atoms with Crippen molar-refractivity contribution in [3.8, 4) is 0 Å². The highest BCUT2D eigenvalue weighted by atomic mass is 35.5. The standard InChI is InChI=1S/C25H35ClN4O4/c1-17(2)28-22(31)13-7-8-14-29-24(33)19-10-4-6-12-21(19)30(25(29)34)16-23(32)27-15-18-9-3-5-11-20(18)26/h3,5,9,11,17,19,21H,4,6-8,10,12-16H2,1-2H3,(H,27,32)(H,28,31). The van der Waals surface area contributed by atoms with E-state index < -0.39 is 6.03 Å². The number of imide groups is 1. The molecule has 1 aliphatic carbocycles. The van der Waals surface area contributed by atoms with E-state index in [-0.39, 0.29) is 55.4 Å². The van der Waals surface area contributed by atoms with Crippen LogP contribution >= 0.6 is 11.6 Å². The molecule has 2 atom stereocenters. The fourth-order valence-electron chi connectivity index (χ4n) is 4.75. The van der Waals surface area contributed by atoms with Crippen LogP contribution in [-0.2, 0) is 20.9 Å². The number of hydrogen-bond acceptors (Lipinski definition) is 4. The van der Waals surface area contributed by atoms with Gasteiger partial charge in [-0.15, -0.1) is 0 Å². The van der Waals surface area contributed by atoms with E-state index in [9.17, 15) is 19.2 Å². The summed E-state index contributed by atoms with van der Waals surface area (Å²) in [6.07, 6.45) is 4.82. The Balaban J connectivity index is 1.60. The largest absolute Gasteiger partial charge is 0.354 e. The van der Waals surface area contributed by atoms with Crippen LogP contribution in [0.2, 0.25) is 5.02 Å². The molecule has 186 valence electrons. The number of amides is 5. The molecular formula is C25H35ClN4O4. The number of benzene rings is 1. The van der Waals surface area contributed by atoms with Gasteiger partial charge in [0, 0.05) is 36.6 Å². The second kappa shape index (κ2) is 12.2. The minimum Gasteiger partial charge on any atom is -0.354 e. The van der Waals surface area contributed by atoms with Crippen molar-refractivity contribution in [3.05, 3.63) is 34.9 Å². The first-order chi connectivity index (χ1) is 16.3. The van der Waals surface area contributed by atoms with Crippen molar-refractivity contribution < 1.29 is 19.2 Å². The first-order valence-electron chi connectivity index (χ1n) is 12.2. The van der Waals surface area contributed by atoms with Crippen molar-refractivity contribution in [2.45, 2.75) is 77.4 Å². The fourth-order valence-corrected chi connectivity index (χ4v) is 4.95.